The number of hydrogen-bond donors (Lipinski definition) is 2. The van der Waals surface area contributed by atoms with Gasteiger partial charge in [0, 0.05) is 25.8 Å². The van der Waals surface area contributed by atoms with Gasteiger partial charge in [-0.15, -0.1) is 0 Å². The van der Waals surface area contributed by atoms with Crippen molar-refractivity contribution in [2.24, 2.45) is 0 Å². The predicted octanol–water partition coefficient (Wildman–Crippen LogP) is 1.33. The Kier molecular flexibility index (Phi) is 1.55. The van der Waals surface area contributed by atoms with Crippen LogP contribution in [0.3, 0.4) is 0 Å². The molecule has 58 valence electrons. The van der Waals surface area contributed by atoms with E-state index in [1.807, 2.05) is 7.05 Å². The first-order valence-corrected chi connectivity index (χ1v) is 3.91. The third-order valence-corrected chi connectivity index (χ3v) is 2.16. The van der Waals surface area contributed by atoms with Gasteiger partial charge >= 0.3 is 0 Å². The summed E-state index contributed by atoms with van der Waals surface area (Å²) in [6, 6.07) is 6.39. The van der Waals surface area contributed by atoms with E-state index in [1.165, 1.54) is 16.8 Å². The standard InChI is InChI=1S/C9H12N2/c1-10-9-4-2-3-7-5-11-6-8(7)9/h2-4,10-11H,5-6H2,1H3. The predicted molar refractivity (Wildman–Crippen MR) is 46.5 cm³/mol. The maximum atomic E-state index is 3.32. The average Bonchev–Trinajstić information content (AvgIpc) is 2.50. The van der Waals surface area contributed by atoms with E-state index in [4.69, 9.17) is 0 Å². The summed E-state index contributed by atoms with van der Waals surface area (Å²) in [5.41, 5.74) is 4.11. The molecule has 11 heavy (non-hydrogen) atoms. The molecule has 2 heteroatoms. The van der Waals surface area contributed by atoms with E-state index in [0.717, 1.165) is 13.1 Å². The zero-order valence-corrected chi connectivity index (χ0v) is 6.65. The van der Waals surface area contributed by atoms with E-state index >= 15 is 0 Å². The molecule has 1 aromatic rings. The topological polar surface area (TPSA) is 24.1 Å². The molecular weight excluding hydrogens is 136 g/mol. The van der Waals surface area contributed by atoms with Crippen molar-refractivity contribution in [2.75, 3.05) is 12.4 Å². The van der Waals surface area contributed by atoms with E-state index in [9.17, 15) is 0 Å². The van der Waals surface area contributed by atoms with Gasteiger partial charge in [-0.1, -0.05) is 12.1 Å². The van der Waals surface area contributed by atoms with E-state index in [1.54, 1.807) is 0 Å². The van der Waals surface area contributed by atoms with Crippen LogP contribution in [0.5, 0.6) is 0 Å². The molecule has 1 aliphatic heterocycles. The summed E-state index contributed by atoms with van der Waals surface area (Å²) in [5.74, 6) is 0. The summed E-state index contributed by atoms with van der Waals surface area (Å²) in [4.78, 5) is 0. The molecule has 2 nitrogen and oxygen atoms in total. The van der Waals surface area contributed by atoms with Gasteiger partial charge in [0.05, 0.1) is 0 Å². The number of nitrogens with one attached hydrogen (secondary N) is 2. The first-order valence-electron chi connectivity index (χ1n) is 3.91. The van der Waals surface area contributed by atoms with Crippen LogP contribution in [0.25, 0.3) is 0 Å². The molecule has 0 radical (unpaired) electrons. The van der Waals surface area contributed by atoms with Crippen molar-refractivity contribution in [2.45, 2.75) is 13.1 Å². The minimum atomic E-state index is 1.01. The molecule has 0 spiro atoms. The summed E-state index contributed by atoms with van der Waals surface area (Å²) in [6.45, 7) is 2.02. The average molecular weight is 148 g/mol. The van der Waals surface area contributed by atoms with Crippen LogP contribution in [0, 0.1) is 0 Å². The van der Waals surface area contributed by atoms with Crippen LogP contribution in [0.4, 0.5) is 5.69 Å². The molecule has 1 aromatic carbocycles. The van der Waals surface area contributed by atoms with Gasteiger partial charge in [-0.2, -0.15) is 0 Å². The molecule has 0 saturated carbocycles. The summed E-state index contributed by atoms with van der Waals surface area (Å²) < 4.78 is 0. The Morgan fingerprint density at radius 1 is 1.36 bits per heavy atom. The zero-order chi connectivity index (χ0) is 7.68. The highest BCUT2D eigenvalue weighted by Crippen LogP contribution is 2.23. The van der Waals surface area contributed by atoms with Crippen LogP contribution < -0.4 is 10.6 Å². The Bertz CT molecular complexity index is 268. The molecule has 0 atom stereocenters. The lowest BCUT2D eigenvalue weighted by molar-refractivity contribution is 0.765. The number of anilines is 1. The quantitative estimate of drug-likeness (QED) is 0.628. The van der Waals surface area contributed by atoms with E-state index < -0.39 is 0 Å². The van der Waals surface area contributed by atoms with Gasteiger partial charge in [-0.3, -0.25) is 0 Å². The van der Waals surface area contributed by atoms with E-state index in [2.05, 4.69) is 28.8 Å². The first kappa shape index (κ1) is 6.68. The second kappa shape index (κ2) is 2.55. The summed E-state index contributed by atoms with van der Waals surface area (Å²) in [6.07, 6.45) is 0. The SMILES string of the molecule is CNc1cccc2c1CNC2. The van der Waals surface area contributed by atoms with Crippen molar-refractivity contribution in [1.82, 2.24) is 5.32 Å². The minimum absolute atomic E-state index is 1.01. The van der Waals surface area contributed by atoms with Gasteiger partial charge < -0.3 is 10.6 Å². The Morgan fingerprint density at radius 2 is 2.27 bits per heavy atom. The number of fused-ring (bicyclic) bond motifs is 1. The summed E-state index contributed by atoms with van der Waals surface area (Å²) >= 11 is 0. The smallest absolute Gasteiger partial charge is 0.0386 e. The lowest BCUT2D eigenvalue weighted by Crippen LogP contribution is -2.01. The molecule has 0 fully saturated rings. The molecule has 0 amide bonds. The fraction of sp³-hybridized carbons (Fsp3) is 0.333. The Labute approximate surface area is 66.6 Å². The third-order valence-electron chi connectivity index (χ3n) is 2.16. The van der Waals surface area contributed by atoms with Crippen molar-refractivity contribution in [1.29, 1.82) is 0 Å². The van der Waals surface area contributed by atoms with Crippen LogP contribution in [0.15, 0.2) is 18.2 Å². The lowest BCUT2D eigenvalue weighted by atomic mass is 10.1. The van der Waals surface area contributed by atoms with Crippen LogP contribution >= 0.6 is 0 Å². The van der Waals surface area contributed by atoms with Gasteiger partial charge in [-0.25, -0.2) is 0 Å². The maximum Gasteiger partial charge on any atom is 0.0386 e. The van der Waals surface area contributed by atoms with Crippen molar-refractivity contribution in [3.63, 3.8) is 0 Å². The van der Waals surface area contributed by atoms with Crippen LogP contribution in [-0.4, -0.2) is 7.05 Å². The lowest BCUT2D eigenvalue weighted by Gasteiger charge is -2.05. The molecule has 1 aliphatic rings. The molecule has 0 aromatic heterocycles. The molecule has 2 N–H and O–H groups in total. The fourth-order valence-electron chi connectivity index (χ4n) is 1.57. The van der Waals surface area contributed by atoms with Gasteiger partial charge in [0.25, 0.3) is 0 Å². The molecule has 0 saturated heterocycles. The normalized spacial score (nSPS) is 14.6. The monoisotopic (exact) mass is 148 g/mol. The third kappa shape index (κ3) is 0.994. The van der Waals surface area contributed by atoms with Gasteiger partial charge in [0.2, 0.25) is 0 Å². The van der Waals surface area contributed by atoms with Crippen LogP contribution in [-0.2, 0) is 13.1 Å². The number of rotatable bonds is 1. The molecule has 0 aliphatic carbocycles. The number of benzene rings is 1. The maximum absolute atomic E-state index is 3.32. The van der Waals surface area contributed by atoms with Crippen LogP contribution in [0.2, 0.25) is 0 Å². The highest BCUT2D eigenvalue weighted by molar-refractivity contribution is 5.55. The molecule has 2 rings (SSSR count). The molecule has 0 bridgehead atoms. The van der Waals surface area contributed by atoms with Crippen molar-refractivity contribution in [3.8, 4) is 0 Å². The van der Waals surface area contributed by atoms with Crippen LogP contribution in [0.1, 0.15) is 11.1 Å². The highest BCUT2D eigenvalue weighted by Gasteiger charge is 2.11. The Morgan fingerprint density at radius 3 is 3.09 bits per heavy atom. The van der Waals surface area contributed by atoms with Gasteiger partial charge in [0.15, 0.2) is 0 Å². The Balaban J connectivity index is 2.50. The minimum Gasteiger partial charge on any atom is -0.388 e. The number of hydrogen-bond acceptors (Lipinski definition) is 2. The van der Waals surface area contributed by atoms with Crippen molar-refractivity contribution in [3.05, 3.63) is 29.3 Å². The fourth-order valence-corrected chi connectivity index (χ4v) is 1.57. The van der Waals surface area contributed by atoms with Crippen molar-refractivity contribution < 1.29 is 0 Å². The second-order valence-corrected chi connectivity index (χ2v) is 2.80. The van der Waals surface area contributed by atoms with Crippen molar-refractivity contribution >= 4 is 5.69 Å². The highest BCUT2D eigenvalue weighted by atomic mass is 14.9. The summed E-state index contributed by atoms with van der Waals surface area (Å²) in [5, 5.41) is 6.51. The van der Waals surface area contributed by atoms with Gasteiger partial charge in [-0.05, 0) is 17.2 Å². The summed E-state index contributed by atoms with van der Waals surface area (Å²) in [7, 11) is 1.97. The van der Waals surface area contributed by atoms with E-state index in [0.29, 0.717) is 0 Å². The molecule has 1 heterocycles. The first-order chi connectivity index (χ1) is 5.42. The largest absolute Gasteiger partial charge is 0.388 e. The zero-order valence-electron chi connectivity index (χ0n) is 6.65. The molecule has 0 unspecified atom stereocenters. The second-order valence-electron chi connectivity index (χ2n) is 2.80. The van der Waals surface area contributed by atoms with Gasteiger partial charge in [0.1, 0.15) is 0 Å². The van der Waals surface area contributed by atoms with E-state index in [-0.39, 0.29) is 0 Å². The molecular formula is C9H12N2. The Hall–Kier alpha value is -1.02.